The molecule has 0 aliphatic carbocycles. The van der Waals surface area contributed by atoms with Crippen LogP contribution in [0.5, 0.6) is 0 Å². The molecule has 1 amide bonds. The van der Waals surface area contributed by atoms with Gasteiger partial charge in [0.2, 0.25) is 11.8 Å². The van der Waals surface area contributed by atoms with Crippen LogP contribution in [0.15, 0.2) is 4.42 Å². The number of likely N-dealkylation sites (N-methyl/N-ethyl adjacent to an activating group) is 1. The highest BCUT2D eigenvalue weighted by Crippen LogP contribution is 2.02. The third kappa shape index (κ3) is 2.31. The normalized spacial score (nSPS) is 9.83. The van der Waals surface area contributed by atoms with Crippen LogP contribution < -0.4 is 10.6 Å². The number of nitrogens with zero attached hydrogens (tertiary/aromatic N) is 2. The average molecular weight is 170 g/mol. The number of carbonyl (C=O) groups is 1. The van der Waals surface area contributed by atoms with E-state index in [0.29, 0.717) is 5.89 Å². The van der Waals surface area contributed by atoms with Crippen molar-refractivity contribution in [3.63, 3.8) is 0 Å². The van der Waals surface area contributed by atoms with E-state index in [0.717, 1.165) is 0 Å². The molecule has 0 spiro atoms. The fourth-order valence-electron chi connectivity index (χ4n) is 0.671. The van der Waals surface area contributed by atoms with E-state index in [4.69, 9.17) is 4.42 Å². The van der Waals surface area contributed by atoms with Gasteiger partial charge in [0.05, 0.1) is 6.54 Å². The lowest BCUT2D eigenvalue weighted by molar-refractivity contribution is -0.115. The van der Waals surface area contributed by atoms with Crippen molar-refractivity contribution in [1.29, 1.82) is 0 Å². The molecule has 1 aromatic rings. The van der Waals surface area contributed by atoms with Gasteiger partial charge in [-0.15, -0.1) is 5.10 Å². The van der Waals surface area contributed by atoms with E-state index in [-0.39, 0.29) is 18.5 Å². The summed E-state index contributed by atoms with van der Waals surface area (Å²) in [7, 11) is 1.68. The molecule has 12 heavy (non-hydrogen) atoms. The smallest absolute Gasteiger partial charge is 0.322 e. The van der Waals surface area contributed by atoms with E-state index in [1.807, 2.05) is 0 Å². The van der Waals surface area contributed by atoms with E-state index in [1.165, 1.54) is 0 Å². The van der Waals surface area contributed by atoms with Gasteiger partial charge >= 0.3 is 6.01 Å². The fourth-order valence-corrected chi connectivity index (χ4v) is 0.671. The summed E-state index contributed by atoms with van der Waals surface area (Å²) in [5.41, 5.74) is 0. The molecule has 66 valence electrons. The number of aryl methyl sites for hydroxylation is 1. The molecule has 0 bridgehead atoms. The Balaban J connectivity index is 2.46. The first-order valence-corrected chi connectivity index (χ1v) is 3.47. The average Bonchev–Trinajstić information content (AvgIpc) is 2.36. The van der Waals surface area contributed by atoms with Crippen molar-refractivity contribution < 1.29 is 9.21 Å². The Morgan fingerprint density at radius 2 is 2.33 bits per heavy atom. The summed E-state index contributed by atoms with van der Waals surface area (Å²) in [6.45, 7) is 1.88. The number of nitrogens with one attached hydrogen (secondary N) is 2. The first-order chi connectivity index (χ1) is 5.72. The number of rotatable bonds is 3. The van der Waals surface area contributed by atoms with E-state index in [9.17, 15) is 4.79 Å². The number of anilines is 1. The molecule has 0 saturated carbocycles. The Bertz CT molecular complexity index is 270. The molecule has 0 unspecified atom stereocenters. The van der Waals surface area contributed by atoms with E-state index in [2.05, 4.69) is 20.8 Å². The van der Waals surface area contributed by atoms with E-state index < -0.39 is 0 Å². The zero-order valence-corrected chi connectivity index (χ0v) is 6.92. The zero-order chi connectivity index (χ0) is 8.97. The highest BCUT2D eigenvalue weighted by Gasteiger charge is 2.05. The minimum atomic E-state index is -0.207. The van der Waals surface area contributed by atoms with Crippen LogP contribution in [0, 0.1) is 6.92 Å². The minimum Gasteiger partial charge on any atom is -0.408 e. The highest BCUT2D eigenvalue weighted by molar-refractivity contribution is 5.90. The zero-order valence-electron chi connectivity index (χ0n) is 6.92. The maximum absolute atomic E-state index is 10.9. The third-order valence-electron chi connectivity index (χ3n) is 1.11. The van der Waals surface area contributed by atoms with Crippen molar-refractivity contribution >= 4 is 11.9 Å². The Kier molecular flexibility index (Phi) is 2.76. The van der Waals surface area contributed by atoms with Crippen molar-refractivity contribution in [2.75, 3.05) is 18.9 Å². The van der Waals surface area contributed by atoms with E-state index >= 15 is 0 Å². The van der Waals surface area contributed by atoms with Gasteiger partial charge < -0.3 is 9.73 Å². The van der Waals surface area contributed by atoms with Crippen molar-refractivity contribution in [1.82, 2.24) is 15.5 Å². The predicted octanol–water partition coefficient (Wildman–Crippen LogP) is -0.464. The second-order valence-electron chi connectivity index (χ2n) is 2.20. The lowest BCUT2D eigenvalue weighted by atomic mass is 10.6. The Labute approximate surface area is 69.4 Å². The topological polar surface area (TPSA) is 80.0 Å². The molecule has 0 aliphatic heterocycles. The fraction of sp³-hybridized carbons (Fsp3) is 0.500. The van der Waals surface area contributed by atoms with E-state index in [1.54, 1.807) is 14.0 Å². The summed E-state index contributed by atoms with van der Waals surface area (Å²) in [5, 5.41) is 12.3. The molecule has 6 heteroatoms. The Morgan fingerprint density at radius 1 is 1.58 bits per heavy atom. The predicted molar refractivity (Wildman–Crippen MR) is 41.6 cm³/mol. The van der Waals surface area contributed by atoms with Crippen LogP contribution in [-0.4, -0.2) is 29.7 Å². The Morgan fingerprint density at radius 3 is 2.83 bits per heavy atom. The standard InChI is InChI=1S/C6H10N4O2/c1-4-9-10-6(12-4)8-5(11)3-7-2/h7H,3H2,1-2H3,(H,8,10,11). The Hall–Kier alpha value is -1.43. The van der Waals surface area contributed by atoms with Gasteiger partial charge in [-0.25, -0.2) is 0 Å². The summed E-state index contributed by atoms with van der Waals surface area (Å²) in [6, 6.07) is 0.132. The molecular formula is C6H10N4O2. The molecular weight excluding hydrogens is 160 g/mol. The van der Waals surface area contributed by atoms with Gasteiger partial charge in [-0.1, -0.05) is 5.10 Å². The summed E-state index contributed by atoms with van der Waals surface area (Å²) in [6.07, 6.45) is 0. The molecule has 1 heterocycles. The van der Waals surface area contributed by atoms with Gasteiger partial charge in [-0.2, -0.15) is 0 Å². The van der Waals surface area contributed by atoms with Gasteiger partial charge in [0.1, 0.15) is 0 Å². The molecule has 1 rings (SSSR count). The van der Waals surface area contributed by atoms with Gasteiger partial charge in [-0.3, -0.25) is 10.1 Å². The number of carbonyl (C=O) groups excluding carboxylic acids is 1. The van der Waals surface area contributed by atoms with Crippen molar-refractivity contribution in [2.24, 2.45) is 0 Å². The highest BCUT2D eigenvalue weighted by atomic mass is 16.4. The quantitative estimate of drug-likeness (QED) is 0.641. The van der Waals surface area contributed by atoms with Gasteiger partial charge in [0.15, 0.2) is 0 Å². The number of hydrogen-bond acceptors (Lipinski definition) is 5. The van der Waals surface area contributed by atoms with Crippen LogP contribution in [0.2, 0.25) is 0 Å². The van der Waals surface area contributed by atoms with Crippen LogP contribution >= 0.6 is 0 Å². The first-order valence-electron chi connectivity index (χ1n) is 3.47. The number of amides is 1. The van der Waals surface area contributed by atoms with Gasteiger partial charge in [0, 0.05) is 6.92 Å². The molecule has 0 fully saturated rings. The lowest BCUT2D eigenvalue weighted by Crippen LogP contribution is -2.25. The van der Waals surface area contributed by atoms with Gasteiger partial charge in [-0.05, 0) is 7.05 Å². The monoisotopic (exact) mass is 170 g/mol. The van der Waals surface area contributed by atoms with Crippen LogP contribution in [0.1, 0.15) is 5.89 Å². The summed E-state index contributed by atoms with van der Waals surface area (Å²) in [5.74, 6) is 0.218. The summed E-state index contributed by atoms with van der Waals surface area (Å²) in [4.78, 5) is 10.9. The minimum absolute atomic E-state index is 0.132. The lowest BCUT2D eigenvalue weighted by Gasteiger charge is -1.96. The van der Waals surface area contributed by atoms with Crippen molar-refractivity contribution in [2.45, 2.75) is 6.92 Å². The first kappa shape index (κ1) is 8.66. The largest absolute Gasteiger partial charge is 0.408 e. The third-order valence-corrected chi connectivity index (χ3v) is 1.11. The van der Waals surface area contributed by atoms with Crippen LogP contribution in [-0.2, 0) is 4.79 Å². The molecule has 0 atom stereocenters. The second-order valence-corrected chi connectivity index (χ2v) is 2.20. The molecule has 2 N–H and O–H groups in total. The maximum atomic E-state index is 10.9. The van der Waals surface area contributed by atoms with Crippen molar-refractivity contribution in [3.05, 3.63) is 5.89 Å². The second kappa shape index (κ2) is 3.82. The molecule has 0 radical (unpaired) electrons. The summed E-state index contributed by atoms with van der Waals surface area (Å²) < 4.78 is 4.92. The summed E-state index contributed by atoms with van der Waals surface area (Å²) >= 11 is 0. The number of aromatic nitrogens is 2. The molecule has 0 aliphatic rings. The maximum Gasteiger partial charge on any atom is 0.322 e. The molecule has 1 aromatic heterocycles. The van der Waals surface area contributed by atoms with Crippen LogP contribution in [0.3, 0.4) is 0 Å². The number of hydrogen-bond donors (Lipinski definition) is 2. The molecule has 0 aromatic carbocycles. The van der Waals surface area contributed by atoms with Crippen LogP contribution in [0.4, 0.5) is 6.01 Å². The van der Waals surface area contributed by atoms with Crippen molar-refractivity contribution in [3.8, 4) is 0 Å². The molecule has 6 nitrogen and oxygen atoms in total. The molecule has 0 saturated heterocycles. The SMILES string of the molecule is CNCC(=O)Nc1nnc(C)o1. The van der Waals surface area contributed by atoms with Crippen LogP contribution in [0.25, 0.3) is 0 Å². The van der Waals surface area contributed by atoms with Gasteiger partial charge in [0.25, 0.3) is 0 Å².